The van der Waals surface area contributed by atoms with Gasteiger partial charge in [0.05, 0.1) is 0 Å². The highest BCUT2D eigenvalue weighted by atomic mass is 19.1. The van der Waals surface area contributed by atoms with Crippen LogP contribution in [0.25, 0.3) is 11.1 Å². The third-order valence-electron chi connectivity index (χ3n) is 3.29. The van der Waals surface area contributed by atoms with Crippen LogP contribution in [0.5, 0.6) is 0 Å². The lowest BCUT2D eigenvalue weighted by molar-refractivity contribution is 0.594. The van der Waals surface area contributed by atoms with Crippen molar-refractivity contribution in [1.82, 2.24) is 5.32 Å². The molecule has 0 spiro atoms. The zero-order chi connectivity index (χ0) is 13.7. The summed E-state index contributed by atoms with van der Waals surface area (Å²) in [6.07, 6.45) is 0.995. The second-order valence-corrected chi connectivity index (χ2v) is 4.64. The van der Waals surface area contributed by atoms with Crippen LogP contribution in [0.15, 0.2) is 42.5 Å². The van der Waals surface area contributed by atoms with Crippen LogP contribution < -0.4 is 5.32 Å². The average molecular weight is 257 g/mol. The molecule has 1 nitrogen and oxygen atoms in total. The molecule has 0 radical (unpaired) electrons. The van der Waals surface area contributed by atoms with Crippen molar-refractivity contribution in [1.29, 1.82) is 0 Å². The van der Waals surface area contributed by atoms with Gasteiger partial charge in [0.1, 0.15) is 5.82 Å². The summed E-state index contributed by atoms with van der Waals surface area (Å²) >= 11 is 0. The van der Waals surface area contributed by atoms with E-state index in [0.29, 0.717) is 6.54 Å². The Morgan fingerprint density at radius 1 is 1.00 bits per heavy atom. The Balaban J connectivity index is 2.27. The molecule has 0 bridgehead atoms. The molecule has 0 aromatic heterocycles. The molecule has 2 heteroatoms. The second-order valence-electron chi connectivity index (χ2n) is 4.64. The van der Waals surface area contributed by atoms with Crippen LogP contribution in [0.2, 0.25) is 0 Å². The van der Waals surface area contributed by atoms with Gasteiger partial charge in [-0.05, 0) is 35.7 Å². The maximum Gasteiger partial charge on any atom is 0.128 e. The highest BCUT2D eigenvalue weighted by molar-refractivity contribution is 5.64. The van der Waals surface area contributed by atoms with Gasteiger partial charge >= 0.3 is 0 Å². The van der Waals surface area contributed by atoms with E-state index >= 15 is 0 Å². The van der Waals surface area contributed by atoms with Crippen molar-refractivity contribution < 1.29 is 4.39 Å². The van der Waals surface area contributed by atoms with Gasteiger partial charge in [0.2, 0.25) is 0 Å². The first kappa shape index (κ1) is 13.8. The molecule has 19 heavy (non-hydrogen) atoms. The van der Waals surface area contributed by atoms with E-state index in [1.54, 1.807) is 6.07 Å². The molecule has 0 saturated heterocycles. The first-order valence-electron chi connectivity index (χ1n) is 6.83. The third kappa shape index (κ3) is 3.42. The number of aryl methyl sites for hydroxylation is 1. The Hall–Kier alpha value is -1.67. The van der Waals surface area contributed by atoms with Crippen LogP contribution in [-0.4, -0.2) is 6.54 Å². The van der Waals surface area contributed by atoms with Crippen molar-refractivity contribution in [2.45, 2.75) is 26.8 Å². The topological polar surface area (TPSA) is 12.0 Å². The predicted octanol–water partition coefficient (Wildman–Crippen LogP) is 4.16. The van der Waals surface area contributed by atoms with Gasteiger partial charge in [-0.3, -0.25) is 0 Å². The SMILES string of the molecule is CCNCc1ccc(-c2cccc(CC)c2)cc1F. The van der Waals surface area contributed by atoms with Crippen LogP contribution in [0, 0.1) is 5.82 Å². The summed E-state index contributed by atoms with van der Waals surface area (Å²) in [6, 6.07) is 13.8. The lowest BCUT2D eigenvalue weighted by Crippen LogP contribution is -2.12. The highest BCUT2D eigenvalue weighted by Gasteiger charge is 2.05. The number of hydrogen-bond donors (Lipinski definition) is 1. The molecule has 2 rings (SSSR count). The van der Waals surface area contributed by atoms with Crippen molar-refractivity contribution in [2.75, 3.05) is 6.54 Å². The van der Waals surface area contributed by atoms with Crippen LogP contribution in [0.3, 0.4) is 0 Å². The minimum absolute atomic E-state index is 0.139. The molecule has 0 unspecified atom stereocenters. The van der Waals surface area contributed by atoms with Gasteiger partial charge in [0, 0.05) is 12.1 Å². The molecule has 1 N–H and O–H groups in total. The van der Waals surface area contributed by atoms with Crippen LogP contribution in [0.1, 0.15) is 25.0 Å². The molecule has 0 aliphatic rings. The van der Waals surface area contributed by atoms with Crippen LogP contribution in [0.4, 0.5) is 4.39 Å². The van der Waals surface area contributed by atoms with E-state index < -0.39 is 0 Å². The maximum atomic E-state index is 14.0. The van der Waals surface area contributed by atoms with E-state index in [1.807, 2.05) is 31.2 Å². The minimum Gasteiger partial charge on any atom is -0.313 e. The second kappa shape index (κ2) is 6.48. The summed E-state index contributed by atoms with van der Waals surface area (Å²) in [5.74, 6) is -0.139. The van der Waals surface area contributed by atoms with Gasteiger partial charge in [-0.25, -0.2) is 4.39 Å². The van der Waals surface area contributed by atoms with Gasteiger partial charge in [-0.15, -0.1) is 0 Å². The zero-order valence-corrected chi connectivity index (χ0v) is 11.5. The average Bonchev–Trinajstić information content (AvgIpc) is 2.46. The number of hydrogen-bond acceptors (Lipinski definition) is 1. The monoisotopic (exact) mass is 257 g/mol. The largest absolute Gasteiger partial charge is 0.313 e. The van der Waals surface area contributed by atoms with Gasteiger partial charge in [-0.2, -0.15) is 0 Å². The van der Waals surface area contributed by atoms with Gasteiger partial charge in [-0.1, -0.05) is 50.2 Å². The van der Waals surface area contributed by atoms with E-state index in [9.17, 15) is 4.39 Å². The number of nitrogens with one attached hydrogen (secondary N) is 1. The summed E-state index contributed by atoms with van der Waals surface area (Å²) in [5.41, 5.74) is 4.01. The molecule has 0 amide bonds. The summed E-state index contributed by atoms with van der Waals surface area (Å²) in [4.78, 5) is 0. The summed E-state index contributed by atoms with van der Waals surface area (Å²) in [6.45, 7) is 5.57. The van der Waals surface area contributed by atoms with E-state index in [1.165, 1.54) is 5.56 Å². The normalized spacial score (nSPS) is 10.7. The van der Waals surface area contributed by atoms with E-state index in [-0.39, 0.29) is 5.82 Å². The van der Waals surface area contributed by atoms with Crippen LogP contribution >= 0.6 is 0 Å². The van der Waals surface area contributed by atoms with Crippen molar-refractivity contribution in [2.24, 2.45) is 0 Å². The molecular formula is C17H20FN. The molecule has 0 fully saturated rings. The number of halogens is 1. The Kier molecular flexibility index (Phi) is 4.69. The fraction of sp³-hybridized carbons (Fsp3) is 0.294. The highest BCUT2D eigenvalue weighted by Crippen LogP contribution is 2.23. The fourth-order valence-corrected chi connectivity index (χ4v) is 2.10. The van der Waals surface area contributed by atoms with Crippen LogP contribution in [-0.2, 0) is 13.0 Å². The summed E-state index contributed by atoms with van der Waals surface area (Å²) in [5, 5.41) is 3.14. The predicted molar refractivity (Wildman–Crippen MR) is 78.6 cm³/mol. The quantitative estimate of drug-likeness (QED) is 0.848. The molecular weight excluding hydrogens is 237 g/mol. The van der Waals surface area contributed by atoms with Gasteiger partial charge < -0.3 is 5.32 Å². The number of rotatable bonds is 5. The Labute approximate surface area is 114 Å². The van der Waals surface area contributed by atoms with Crippen molar-refractivity contribution in [3.63, 3.8) is 0 Å². The molecule has 0 aliphatic carbocycles. The zero-order valence-electron chi connectivity index (χ0n) is 11.5. The lowest BCUT2D eigenvalue weighted by atomic mass is 10.0. The molecule has 0 aliphatic heterocycles. The van der Waals surface area contributed by atoms with Crippen molar-refractivity contribution in [3.05, 3.63) is 59.4 Å². The van der Waals surface area contributed by atoms with E-state index in [4.69, 9.17) is 0 Å². The molecule has 2 aromatic carbocycles. The molecule has 0 atom stereocenters. The third-order valence-corrected chi connectivity index (χ3v) is 3.29. The Morgan fingerprint density at radius 3 is 2.47 bits per heavy atom. The van der Waals surface area contributed by atoms with Crippen molar-refractivity contribution >= 4 is 0 Å². The first-order valence-corrected chi connectivity index (χ1v) is 6.83. The standard InChI is InChI=1S/C17H20FN/c1-3-13-6-5-7-14(10-13)15-8-9-16(12-19-4-2)17(18)11-15/h5-11,19H,3-4,12H2,1-2H3. The molecule has 0 saturated carbocycles. The number of benzene rings is 2. The first-order chi connectivity index (χ1) is 9.24. The fourth-order valence-electron chi connectivity index (χ4n) is 2.10. The van der Waals surface area contributed by atoms with E-state index in [2.05, 4.69) is 24.4 Å². The molecule has 100 valence electrons. The minimum atomic E-state index is -0.139. The smallest absolute Gasteiger partial charge is 0.128 e. The van der Waals surface area contributed by atoms with Crippen molar-refractivity contribution in [3.8, 4) is 11.1 Å². The molecule has 2 aromatic rings. The maximum absolute atomic E-state index is 14.0. The lowest BCUT2D eigenvalue weighted by Gasteiger charge is -2.08. The van der Waals surface area contributed by atoms with Gasteiger partial charge in [0.15, 0.2) is 0 Å². The Morgan fingerprint density at radius 2 is 1.79 bits per heavy atom. The Bertz CT molecular complexity index is 549. The summed E-state index contributed by atoms with van der Waals surface area (Å²) in [7, 11) is 0. The summed E-state index contributed by atoms with van der Waals surface area (Å²) < 4.78 is 14.0. The van der Waals surface area contributed by atoms with Gasteiger partial charge in [0.25, 0.3) is 0 Å². The molecule has 0 heterocycles. The van der Waals surface area contributed by atoms with E-state index in [0.717, 1.165) is 29.7 Å².